The highest BCUT2D eigenvalue weighted by Gasteiger charge is 2.34. The maximum atomic E-state index is 5.65. The second kappa shape index (κ2) is 14.3. The Hall–Kier alpha value is -7.38. The van der Waals surface area contributed by atoms with Gasteiger partial charge in [-0.05, 0) is 70.2 Å². The van der Waals surface area contributed by atoms with Crippen molar-refractivity contribution >= 4 is 49.6 Å². The van der Waals surface area contributed by atoms with Gasteiger partial charge in [0, 0.05) is 59.1 Å². The van der Waals surface area contributed by atoms with Crippen molar-refractivity contribution in [2.75, 3.05) is 44.8 Å². The second-order valence-electron chi connectivity index (χ2n) is 18.1. The van der Waals surface area contributed by atoms with Crippen molar-refractivity contribution in [1.82, 2.24) is 84.7 Å². The van der Waals surface area contributed by atoms with Crippen LogP contribution in [0.15, 0.2) is 67.9 Å². The van der Waals surface area contributed by atoms with E-state index in [0.29, 0.717) is 36.9 Å². The van der Waals surface area contributed by atoms with Crippen LogP contribution in [0.4, 0.5) is 5.69 Å². The fourth-order valence-electron chi connectivity index (χ4n) is 9.99. The molecule has 2 aliphatic carbocycles. The number of likely N-dealkylation sites (tertiary alicyclic amines) is 1. The Balaban J connectivity index is 0.835. The van der Waals surface area contributed by atoms with Gasteiger partial charge in [0.2, 0.25) is 0 Å². The molecule has 10 aromatic heterocycles. The molecular weight excluding hydrogens is 821 g/mol. The number of morpholine rings is 1. The van der Waals surface area contributed by atoms with Gasteiger partial charge in [0.15, 0.2) is 11.6 Å². The van der Waals surface area contributed by atoms with E-state index in [1.807, 2.05) is 48.1 Å². The van der Waals surface area contributed by atoms with E-state index >= 15 is 0 Å². The zero-order valence-corrected chi connectivity index (χ0v) is 35.6. The molecule has 2 aliphatic heterocycles. The van der Waals surface area contributed by atoms with Gasteiger partial charge in [0.05, 0.1) is 113 Å². The lowest BCUT2D eigenvalue weighted by molar-refractivity contribution is 0.123. The van der Waals surface area contributed by atoms with E-state index in [2.05, 4.69) is 76.3 Å². The van der Waals surface area contributed by atoms with Gasteiger partial charge in [-0.2, -0.15) is 20.4 Å². The molecule has 0 spiro atoms. The fraction of sp³-hybridized carbons (Fsp3) is 0.348. The molecule has 0 radical (unpaired) electrons. The number of anilines is 1. The minimum absolute atomic E-state index is 0.0576. The summed E-state index contributed by atoms with van der Waals surface area (Å²) in [6.45, 7) is 3.79. The highest BCUT2D eigenvalue weighted by molar-refractivity contribution is 5.98. The number of fused-ring (bicyclic) bond motifs is 4. The molecule has 2 saturated heterocycles. The largest absolute Gasteiger partial charge is 0.378 e. The molecule has 4 N–H and O–H groups in total. The van der Waals surface area contributed by atoms with Gasteiger partial charge in [-0.15, -0.1) is 0 Å². The van der Waals surface area contributed by atoms with E-state index < -0.39 is 0 Å². The van der Waals surface area contributed by atoms with Gasteiger partial charge in [-0.3, -0.25) is 39.4 Å². The molecule has 4 fully saturated rings. The summed E-state index contributed by atoms with van der Waals surface area (Å²) in [7, 11) is 2.19. The smallest absolute Gasteiger partial charge is 0.159 e. The van der Waals surface area contributed by atoms with Gasteiger partial charge < -0.3 is 19.6 Å². The molecule has 65 heavy (non-hydrogen) atoms. The van der Waals surface area contributed by atoms with Crippen molar-refractivity contribution in [3.8, 4) is 45.6 Å². The Labute approximate surface area is 370 Å². The summed E-state index contributed by atoms with van der Waals surface area (Å²) in [4.78, 5) is 41.8. The summed E-state index contributed by atoms with van der Waals surface area (Å²) >= 11 is 0. The van der Waals surface area contributed by atoms with Crippen molar-refractivity contribution < 1.29 is 4.74 Å². The molecule has 19 nitrogen and oxygen atoms in total. The predicted molar refractivity (Wildman–Crippen MR) is 243 cm³/mol. The van der Waals surface area contributed by atoms with Crippen LogP contribution in [-0.4, -0.2) is 125 Å². The third kappa shape index (κ3) is 6.23. The number of nitrogens with one attached hydrogen (secondary N) is 4. The monoisotopic (exact) mass is 864 g/mol. The van der Waals surface area contributed by atoms with Crippen LogP contribution in [0.5, 0.6) is 0 Å². The summed E-state index contributed by atoms with van der Waals surface area (Å²) in [6, 6.07) is 5.10. The number of hydrogen-bond acceptors (Lipinski definition) is 13. The van der Waals surface area contributed by atoms with Crippen LogP contribution in [-0.2, 0) is 4.74 Å². The Morgan fingerprint density at radius 1 is 0.646 bits per heavy atom. The summed E-state index contributed by atoms with van der Waals surface area (Å²) in [5.41, 5.74) is 13.4. The summed E-state index contributed by atoms with van der Waals surface area (Å²) in [5.74, 6) is 1.53. The standard InChI is InChI=1S/C46H44N18O/c1-61-7-6-24(31-17-47-18-35-39(31)55-45(53-35)41-29-13-32(49-20-34(29)57-59-41)25-15-50-63(22-25)27-2-3-27)12-37(61)44-40-30(14-33(52-44)26-16-51-64(23-26)28-4-5-28)42(60-58-40)46-54-36-19-48-21-38(43(36)56-46)62-8-10-65-11-9-62/h13-24,27-28,37H,2-12H2,1H3,(H,53,55)(H,54,56)(H,57,59)(H,58,60). The summed E-state index contributed by atoms with van der Waals surface area (Å²) in [5, 5.41) is 27.6. The van der Waals surface area contributed by atoms with Crippen molar-refractivity contribution in [2.24, 2.45) is 0 Å². The van der Waals surface area contributed by atoms with Crippen molar-refractivity contribution in [3.63, 3.8) is 0 Å². The van der Waals surface area contributed by atoms with Crippen molar-refractivity contribution in [1.29, 1.82) is 0 Å². The first-order chi connectivity index (χ1) is 32.1. The lowest BCUT2D eigenvalue weighted by atomic mass is 9.84. The van der Waals surface area contributed by atoms with E-state index in [9.17, 15) is 0 Å². The third-order valence-electron chi connectivity index (χ3n) is 13.9. The maximum absolute atomic E-state index is 5.65. The Morgan fingerprint density at radius 2 is 1.37 bits per heavy atom. The molecule has 14 rings (SSSR count). The van der Waals surface area contributed by atoms with Gasteiger partial charge in [0.25, 0.3) is 0 Å². The Kier molecular flexibility index (Phi) is 8.16. The number of rotatable bonds is 9. The minimum atomic E-state index is -0.0576. The van der Waals surface area contributed by atoms with Gasteiger partial charge in [-0.25, -0.2) is 15.0 Å². The first-order valence-corrected chi connectivity index (χ1v) is 22.6. The van der Waals surface area contributed by atoms with Crippen LogP contribution in [0, 0.1) is 0 Å². The molecule has 10 aromatic rings. The first-order valence-electron chi connectivity index (χ1n) is 22.6. The normalized spacial score (nSPS) is 19.7. The lowest BCUT2D eigenvalue weighted by Gasteiger charge is -2.37. The topological polar surface area (TPSA) is 218 Å². The van der Waals surface area contributed by atoms with Crippen LogP contribution < -0.4 is 4.90 Å². The number of aromatic nitrogens is 16. The maximum Gasteiger partial charge on any atom is 0.159 e. The number of aromatic amines is 4. The molecule has 4 aliphatic rings. The summed E-state index contributed by atoms with van der Waals surface area (Å²) in [6.07, 6.45) is 23.8. The van der Waals surface area contributed by atoms with Crippen molar-refractivity contribution in [3.05, 3.63) is 79.2 Å². The highest BCUT2D eigenvalue weighted by Crippen LogP contribution is 2.44. The lowest BCUT2D eigenvalue weighted by Crippen LogP contribution is -2.36. The van der Waals surface area contributed by atoms with Gasteiger partial charge in [-0.1, -0.05) is 0 Å². The molecule has 0 bridgehead atoms. The zero-order valence-electron chi connectivity index (χ0n) is 35.6. The van der Waals surface area contributed by atoms with Crippen LogP contribution in [0.1, 0.15) is 73.8 Å². The average Bonchev–Trinajstić information content (AvgIpc) is 3.87. The molecule has 19 heteroatoms. The molecule has 12 heterocycles. The van der Waals surface area contributed by atoms with Gasteiger partial charge in [0.1, 0.15) is 22.4 Å². The average molecular weight is 865 g/mol. The van der Waals surface area contributed by atoms with Crippen LogP contribution in [0.2, 0.25) is 0 Å². The number of ether oxygens (including phenoxy) is 1. The number of H-pyrrole nitrogens is 4. The van der Waals surface area contributed by atoms with E-state index in [1.165, 1.54) is 12.8 Å². The molecule has 0 amide bonds. The zero-order chi connectivity index (χ0) is 42.8. The SMILES string of the molecule is CN1CCC(c2cncc3[nH]c(-c4n[nH]c5cnc(-c6cnn(C7CC7)c6)cc45)nc23)CC1c1nc(-c2cnn(C3CC3)c2)cc2c(-c3nc4c(N5CCOCC5)cncc4[nH]3)[nH]nc12. The van der Waals surface area contributed by atoms with Crippen LogP contribution in [0.25, 0.3) is 89.4 Å². The molecule has 2 unspecified atom stereocenters. The highest BCUT2D eigenvalue weighted by atomic mass is 16.5. The fourth-order valence-corrected chi connectivity index (χ4v) is 9.99. The van der Waals surface area contributed by atoms with E-state index in [0.717, 1.165) is 140 Å². The molecule has 2 saturated carbocycles. The number of nitrogens with zero attached hydrogens (tertiary/aromatic N) is 14. The number of hydrogen-bond donors (Lipinski definition) is 4. The quantitative estimate of drug-likeness (QED) is 0.116. The third-order valence-corrected chi connectivity index (χ3v) is 13.9. The van der Waals surface area contributed by atoms with E-state index in [1.54, 1.807) is 0 Å². The number of imidazole rings is 2. The van der Waals surface area contributed by atoms with Crippen LogP contribution in [0.3, 0.4) is 0 Å². The minimum Gasteiger partial charge on any atom is -0.378 e. The Morgan fingerprint density at radius 3 is 2.17 bits per heavy atom. The summed E-state index contributed by atoms with van der Waals surface area (Å²) < 4.78 is 9.78. The molecule has 324 valence electrons. The van der Waals surface area contributed by atoms with Crippen LogP contribution >= 0.6 is 0 Å². The molecule has 0 aromatic carbocycles. The number of piperidine rings is 1. The van der Waals surface area contributed by atoms with Crippen molar-refractivity contribution in [2.45, 2.75) is 62.6 Å². The van der Waals surface area contributed by atoms with E-state index in [4.69, 9.17) is 45.0 Å². The molecule has 2 atom stereocenters. The van der Waals surface area contributed by atoms with E-state index in [-0.39, 0.29) is 12.0 Å². The molecular formula is C46H44N18O. The second-order valence-corrected chi connectivity index (χ2v) is 18.1. The first kappa shape index (κ1) is 37.0. The Bertz CT molecular complexity index is 3450. The van der Waals surface area contributed by atoms with Gasteiger partial charge >= 0.3 is 0 Å². The number of pyridine rings is 4. The predicted octanol–water partition coefficient (Wildman–Crippen LogP) is 6.89.